The lowest BCUT2D eigenvalue weighted by Crippen LogP contribution is -2.27. The first-order valence-corrected chi connectivity index (χ1v) is 8.82. The zero-order chi connectivity index (χ0) is 20.6. The van der Waals surface area contributed by atoms with Crippen molar-refractivity contribution in [1.29, 1.82) is 10.5 Å². The van der Waals surface area contributed by atoms with Gasteiger partial charge in [0.25, 0.3) is 0 Å². The molecule has 0 atom stereocenters. The van der Waals surface area contributed by atoms with E-state index in [-0.39, 0.29) is 28.8 Å². The Morgan fingerprint density at radius 1 is 1.10 bits per heavy atom. The lowest BCUT2D eigenvalue weighted by atomic mass is 9.93. The van der Waals surface area contributed by atoms with Crippen LogP contribution >= 0.6 is 0 Å². The quantitative estimate of drug-likeness (QED) is 0.684. The molecule has 1 aliphatic rings. The van der Waals surface area contributed by atoms with Crippen molar-refractivity contribution in [1.82, 2.24) is 14.6 Å². The Labute approximate surface area is 163 Å². The number of rotatable bonds is 4. The lowest BCUT2D eigenvalue weighted by molar-refractivity contribution is -0.137. The Balaban J connectivity index is 1.76. The molecule has 146 valence electrons. The Morgan fingerprint density at radius 2 is 1.90 bits per heavy atom. The third kappa shape index (κ3) is 3.65. The Kier molecular flexibility index (Phi) is 4.47. The Hall–Kier alpha value is -3.79. The van der Waals surface area contributed by atoms with Crippen molar-refractivity contribution in [2.75, 3.05) is 10.6 Å². The molecule has 1 aromatic carbocycles. The molecule has 1 aliphatic carbocycles. The van der Waals surface area contributed by atoms with Crippen molar-refractivity contribution in [3.05, 3.63) is 47.3 Å². The van der Waals surface area contributed by atoms with E-state index < -0.39 is 11.7 Å². The van der Waals surface area contributed by atoms with Gasteiger partial charge >= 0.3 is 6.18 Å². The van der Waals surface area contributed by atoms with Gasteiger partial charge in [0.15, 0.2) is 17.2 Å². The molecule has 0 radical (unpaired) electrons. The summed E-state index contributed by atoms with van der Waals surface area (Å²) in [6.07, 6.45) is -0.0836. The average Bonchev–Trinajstić information content (AvgIpc) is 3.06. The molecule has 29 heavy (non-hydrogen) atoms. The minimum absolute atomic E-state index is 0.0662. The number of benzene rings is 1. The van der Waals surface area contributed by atoms with Crippen LogP contribution in [0.5, 0.6) is 0 Å². The molecule has 0 bridgehead atoms. The highest BCUT2D eigenvalue weighted by atomic mass is 19.4. The van der Waals surface area contributed by atoms with Crippen LogP contribution in [-0.4, -0.2) is 20.6 Å². The first kappa shape index (κ1) is 18.6. The number of halogens is 3. The highest BCUT2D eigenvalue weighted by Gasteiger charge is 2.31. The van der Waals surface area contributed by atoms with Crippen LogP contribution in [0.1, 0.15) is 36.1 Å². The first-order chi connectivity index (χ1) is 13.9. The number of nitriles is 2. The van der Waals surface area contributed by atoms with Crippen LogP contribution in [0, 0.1) is 22.7 Å². The Bertz CT molecular complexity index is 1160. The van der Waals surface area contributed by atoms with Crippen LogP contribution in [0.2, 0.25) is 0 Å². The minimum Gasteiger partial charge on any atom is -0.379 e. The molecule has 0 aliphatic heterocycles. The van der Waals surface area contributed by atoms with Gasteiger partial charge in [-0.15, -0.1) is 5.10 Å². The molecule has 2 aromatic heterocycles. The summed E-state index contributed by atoms with van der Waals surface area (Å²) < 4.78 is 40.7. The van der Waals surface area contributed by atoms with Gasteiger partial charge in [-0.2, -0.15) is 28.2 Å². The smallest absolute Gasteiger partial charge is 0.379 e. The van der Waals surface area contributed by atoms with E-state index in [1.54, 1.807) is 12.1 Å². The molecule has 3 aromatic rings. The summed E-state index contributed by atoms with van der Waals surface area (Å²) in [7, 11) is 0. The molecular formula is C19H14F3N7. The van der Waals surface area contributed by atoms with Gasteiger partial charge in [0.2, 0.25) is 0 Å². The van der Waals surface area contributed by atoms with E-state index in [2.05, 4.69) is 20.7 Å². The first-order valence-electron chi connectivity index (χ1n) is 8.82. The molecule has 2 N–H and O–H groups in total. The molecule has 7 nitrogen and oxygen atoms in total. The second-order valence-corrected chi connectivity index (χ2v) is 6.74. The van der Waals surface area contributed by atoms with Crippen LogP contribution in [0.3, 0.4) is 0 Å². The highest BCUT2D eigenvalue weighted by Crippen LogP contribution is 2.33. The van der Waals surface area contributed by atoms with Crippen molar-refractivity contribution in [2.24, 2.45) is 0 Å². The van der Waals surface area contributed by atoms with E-state index in [4.69, 9.17) is 5.26 Å². The van der Waals surface area contributed by atoms with Crippen molar-refractivity contribution in [3.63, 3.8) is 0 Å². The zero-order valence-corrected chi connectivity index (χ0v) is 15.0. The van der Waals surface area contributed by atoms with Crippen molar-refractivity contribution < 1.29 is 13.2 Å². The molecule has 0 unspecified atom stereocenters. The van der Waals surface area contributed by atoms with Gasteiger partial charge in [-0.1, -0.05) is 0 Å². The Morgan fingerprint density at radius 3 is 2.52 bits per heavy atom. The van der Waals surface area contributed by atoms with Crippen molar-refractivity contribution in [3.8, 4) is 12.1 Å². The van der Waals surface area contributed by atoms with E-state index in [0.717, 1.165) is 31.4 Å². The standard InChI is InChI=1S/C19H14F3N7/c20-19(21,22)12-4-11(8-23)5-14(6-12)27-17-7-16(26-13-2-1-3-13)18-25-10-15(9-24)29(18)28-17/h4-7,10,13,26H,1-3H2,(H,27,28). The highest BCUT2D eigenvalue weighted by molar-refractivity contribution is 5.73. The normalized spacial score (nSPS) is 14.1. The number of fused-ring (bicyclic) bond motifs is 1. The van der Waals surface area contributed by atoms with Gasteiger partial charge in [-0.05, 0) is 37.5 Å². The number of anilines is 3. The summed E-state index contributed by atoms with van der Waals surface area (Å²) in [5.74, 6) is 0.219. The van der Waals surface area contributed by atoms with E-state index >= 15 is 0 Å². The van der Waals surface area contributed by atoms with Gasteiger partial charge in [-0.3, -0.25) is 0 Å². The van der Waals surface area contributed by atoms with E-state index in [9.17, 15) is 18.4 Å². The maximum absolute atomic E-state index is 13.1. The SMILES string of the molecule is N#Cc1cc(Nc2cc(NC3CCC3)c3ncc(C#N)n3n2)cc(C(F)(F)F)c1. The number of nitrogens with zero attached hydrogens (tertiary/aromatic N) is 5. The molecule has 0 saturated heterocycles. The van der Waals surface area contributed by atoms with Crippen molar-refractivity contribution in [2.45, 2.75) is 31.5 Å². The molecule has 0 amide bonds. The fraction of sp³-hybridized carbons (Fsp3) is 0.263. The summed E-state index contributed by atoms with van der Waals surface area (Å²) in [6.45, 7) is 0. The minimum atomic E-state index is -4.59. The number of imidazole rings is 1. The van der Waals surface area contributed by atoms with E-state index in [1.807, 2.05) is 6.07 Å². The summed E-state index contributed by atoms with van der Waals surface area (Å²) in [5.41, 5.74) is 0.283. The van der Waals surface area contributed by atoms with E-state index in [0.29, 0.717) is 11.3 Å². The van der Waals surface area contributed by atoms with Gasteiger partial charge in [-0.25, -0.2) is 4.98 Å². The average molecular weight is 397 g/mol. The zero-order valence-electron chi connectivity index (χ0n) is 15.0. The largest absolute Gasteiger partial charge is 0.416 e. The predicted molar refractivity (Wildman–Crippen MR) is 98.4 cm³/mol. The van der Waals surface area contributed by atoms with Crippen LogP contribution < -0.4 is 10.6 Å². The lowest BCUT2D eigenvalue weighted by Gasteiger charge is -2.27. The number of aromatic nitrogens is 3. The topological polar surface area (TPSA) is 102 Å². The van der Waals surface area contributed by atoms with E-state index in [1.165, 1.54) is 16.8 Å². The summed E-state index contributed by atoms with van der Waals surface area (Å²) >= 11 is 0. The molecule has 4 rings (SSSR count). The van der Waals surface area contributed by atoms with Crippen LogP contribution in [0.25, 0.3) is 5.65 Å². The fourth-order valence-corrected chi connectivity index (χ4v) is 3.06. The third-order valence-corrected chi connectivity index (χ3v) is 4.71. The summed E-state index contributed by atoms with van der Waals surface area (Å²) in [5, 5.41) is 28.8. The number of hydrogen-bond donors (Lipinski definition) is 2. The molecular weight excluding hydrogens is 383 g/mol. The molecule has 2 heterocycles. The molecule has 1 saturated carbocycles. The van der Waals surface area contributed by atoms with Crippen LogP contribution in [0.15, 0.2) is 30.5 Å². The number of alkyl halides is 3. The number of nitrogens with one attached hydrogen (secondary N) is 2. The van der Waals surface area contributed by atoms with Crippen LogP contribution in [-0.2, 0) is 6.18 Å². The second kappa shape index (κ2) is 6.99. The van der Waals surface area contributed by atoms with Gasteiger partial charge < -0.3 is 10.6 Å². The summed E-state index contributed by atoms with van der Waals surface area (Å²) in [6, 6.07) is 8.62. The maximum atomic E-state index is 13.1. The number of hydrogen-bond acceptors (Lipinski definition) is 6. The van der Waals surface area contributed by atoms with Gasteiger partial charge in [0.05, 0.1) is 29.1 Å². The molecule has 10 heteroatoms. The molecule has 0 spiro atoms. The molecule has 1 fully saturated rings. The van der Waals surface area contributed by atoms with Crippen LogP contribution in [0.4, 0.5) is 30.4 Å². The summed E-state index contributed by atoms with van der Waals surface area (Å²) in [4.78, 5) is 4.22. The maximum Gasteiger partial charge on any atom is 0.416 e. The third-order valence-electron chi connectivity index (χ3n) is 4.71. The van der Waals surface area contributed by atoms with Crippen molar-refractivity contribution >= 4 is 22.8 Å². The fourth-order valence-electron chi connectivity index (χ4n) is 3.06. The predicted octanol–water partition coefficient (Wildman–Crippen LogP) is 4.20. The monoisotopic (exact) mass is 397 g/mol. The second-order valence-electron chi connectivity index (χ2n) is 6.74. The van der Waals surface area contributed by atoms with Gasteiger partial charge in [0.1, 0.15) is 6.07 Å². The van der Waals surface area contributed by atoms with Gasteiger partial charge in [0, 0.05) is 17.8 Å².